The average molecular weight is 219 g/mol. The van der Waals surface area contributed by atoms with Gasteiger partial charge in [-0.25, -0.2) is 4.79 Å². The quantitative estimate of drug-likeness (QED) is 0.698. The standard InChI is InChI=1S/C8H15N3O2.C2H6.2H2/c1-4-8(5-11(2)3)6(12)9-7(13)10-8;1-2;;/h4-5H2,1-3H3,(H2,9,10,12,13);1-2H3;2*1H. The van der Waals surface area contributed by atoms with Crippen molar-refractivity contribution in [3.05, 3.63) is 0 Å². The summed E-state index contributed by atoms with van der Waals surface area (Å²) in [6, 6.07) is -0.395. The van der Waals surface area contributed by atoms with Gasteiger partial charge in [0.05, 0.1) is 0 Å². The number of carbonyl (C=O) groups excluding carboxylic acids is 2. The highest BCUT2D eigenvalue weighted by Gasteiger charge is 2.44. The van der Waals surface area contributed by atoms with E-state index in [1.165, 1.54) is 0 Å². The molecule has 0 radical (unpaired) electrons. The van der Waals surface area contributed by atoms with Crippen LogP contribution in [0, 0.1) is 0 Å². The van der Waals surface area contributed by atoms with Crippen molar-refractivity contribution in [2.24, 2.45) is 0 Å². The summed E-state index contributed by atoms with van der Waals surface area (Å²) in [5, 5.41) is 4.91. The molecule has 0 bridgehead atoms. The molecular formula is C10H25N3O2. The SMILES string of the molecule is CC.CCC1(CN(C)C)NC(=O)NC1=O.[HH].[HH]. The van der Waals surface area contributed by atoms with E-state index in [0.717, 1.165) is 0 Å². The van der Waals surface area contributed by atoms with Crippen LogP contribution in [0.15, 0.2) is 0 Å². The van der Waals surface area contributed by atoms with Crippen LogP contribution in [-0.2, 0) is 4.79 Å². The molecule has 92 valence electrons. The van der Waals surface area contributed by atoms with Crippen LogP contribution in [0.4, 0.5) is 4.79 Å². The molecule has 5 heteroatoms. The lowest BCUT2D eigenvalue weighted by Crippen LogP contribution is -2.53. The van der Waals surface area contributed by atoms with Gasteiger partial charge in [0.15, 0.2) is 0 Å². The molecule has 2 N–H and O–H groups in total. The summed E-state index contributed by atoms with van der Waals surface area (Å²) in [6.45, 7) is 6.41. The lowest BCUT2D eigenvalue weighted by molar-refractivity contribution is -0.124. The van der Waals surface area contributed by atoms with Crippen molar-refractivity contribution in [2.45, 2.75) is 32.7 Å². The minimum absolute atomic E-state index is 0. The van der Waals surface area contributed by atoms with Gasteiger partial charge in [-0.2, -0.15) is 0 Å². The van der Waals surface area contributed by atoms with E-state index in [1.807, 2.05) is 39.8 Å². The predicted octanol–water partition coefficient (Wildman–Crippen LogP) is 1.05. The Balaban J connectivity index is -0.000000464. The molecule has 1 aliphatic rings. The first-order valence-corrected chi connectivity index (χ1v) is 5.28. The number of amides is 3. The van der Waals surface area contributed by atoms with Crippen molar-refractivity contribution < 1.29 is 12.4 Å². The second-order valence-electron chi connectivity index (χ2n) is 3.58. The van der Waals surface area contributed by atoms with E-state index in [-0.39, 0.29) is 8.76 Å². The summed E-state index contributed by atoms with van der Waals surface area (Å²) < 4.78 is 0. The van der Waals surface area contributed by atoms with Crippen molar-refractivity contribution in [3.63, 3.8) is 0 Å². The van der Waals surface area contributed by atoms with Gasteiger partial charge in [0.25, 0.3) is 5.91 Å². The van der Waals surface area contributed by atoms with E-state index in [9.17, 15) is 9.59 Å². The molecule has 0 saturated carbocycles. The van der Waals surface area contributed by atoms with E-state index in [1.54, 1.807) is 0 Å². The van der Waals surface area contributed by atoms with E-state index in [0.29, 0.717) is 13.0 Å². The van der Waals surface area contributed by atoms with Crippen LogP contribution in [0.2, 0.25) is 0 Å². The summed E-state index contributed by atoms with van der Waals surface area (Å²) in [6.07, 6.45) is 0.600. The average Bonchev–Trinajstić information content (AvgIpc) is 2.44. The minimum atomic E-state index is -0.736. The second kappa shape index (κ2) is 5.70. The molecule has 0 aromatic heterocycles. The number of hydrogen-bond acceptors (Lipinski definition) is 3. The van der Waals surface area contributed by atoms with Crippen LogP contribution in [0.25, 0.3) is 0 Å². The zero-order chi connectivity index (χ0) is 12.1. The molecule has 15 heavy (non-hydrogen) atoms. The maximum atomic E-state index is 11.5. The molecule has 1 saturated heterocycles. The number of hydrogen-bond donors (Lipinski definition) is 2. The van der Waals surface area contributed by atoms with Gasteiger partial charge in [0.1, 0.15) is 5.54 Å². The topological polar surface area (TPSA) is 61.4 Å². The lowest BCUT2D eigenvalue weighted by atomic mass is 9.96. The van der Waals surface area contributed by atoms with E-state index < -0.39 is 11.6 Å². The van der Waals surface area contributed by atoms with Crippen molar-refractivity contribution in [1.29, 1.82) is 0 Å². The molecule has 0 aromatic rings. The zero-order valence-electron chi connectivity index (χ0n) is 10.2. The highest BCUT2D eigenvalue weighted by atomic mass is 16.2. The Labute approximate surface area is 94.2 Å². The molecule has 1 atom stereocenters. The number of nitrogens with zero attached hydrogens (tertiary/aromatic N) is 1. The summed E-state index contributed by atoms with van der Waals surface area (Å²) in [4.78, 5) is 24.3. The van der Waals surface area contributed by atoms with E-state index in [2.05, 4.69) is 10.6 Å². The van der Waals surface area contributed by atoms with Gasteiger partial charge in [-0.1, -0.05) is 20.8 Å². The van der Waals surface area contributed by atoms with Crippen LogP contribution in [0.1, 0.15) is 30.0 Å². The van der Waals surface area contributed by atoms with Crippen LogP contribution in [-0.4, -0.2) is 43.0 Å². The third kappa shape index (κ3) is 3.20. The van der Waals surface area contributed by atoms with Gasteiger partial charge < -0.3 is 10.2 Å². The normalized spacial score (nSPS) is 24.4. The van der Waals surface area contributed by atoms with Crippen LogP contribution >= 0.6 is 0 Å². The number of carbonyl (C=O) groups is 2. The van der Waals surface area contributed by atoms with Gasteiger partial charge in [-0.05, 0) is 20.5 Å². The van der Waals surface area contributed by atoms with Crippen molar-refractivity contribution in [2.75, 3.05) is 20.6 Å². The summed E-state index contributed by atoms with van der Waals surface area (Å²) in [5.74, 6) is -0.228. The smallest absolute Gasteiger partial charge is 0.322 e. The highest BCUT2D eigenvalue weighted by Crippen LogP contribution is 2.15. The predicted molar refractivity (Wildman–Crippen MR) is 63.8 cm³/mol. The van der Waals surface area contributed by atoms with E-state index >= 15 is 0 Å². The van der Waals surface area contributed by atoms with Crippen molar-refractivity contribution in [3.8, 4) is 0 Å². The van der Waals surface area contributed by atoms with Crippen molar-refractivity contribution in [1.82, 2.24) is 15.5 Å². The summed E-state index contributed by atoms with van der Waals surface area (Å²) >= 11 is 0. The molecule has 0 aromatic carbocycles. The first kappa shape index (κ1) is 13.9. The largest absolute Gasteiger partial charge is 0.322 e. The number of rotatable bonds is 3. The third-order valence-electron chi connectivity index (χ3n) is 2.20. The Morgan fingerprint density at radius 1 is 1.33 bits per heavy atom. The number of likely N-dealkylation sites (N-methyl/N-ethyl adjacent to an activating group) is 1. The highest BCUT2D eigenvalue weighted by molar-refractivity contribution is 6.07. The maximum Gasteiger partial charge on any atom is 0.322 e. The van der Waals surface area contributed by atoms with Gasteiger partial charge in [0.2, 0.25) is 0 Å². The first-order chi connectivity index (χ1) is 7.00. The molecule has 3 amide bonds. The Bertz CT molecular complexity index is 250. The minimum Gasteiger partial charge on any atom is -0.322 e. The molecule has 1 fully saturated rings. The molecule has 1 aliphatic heterocycles. The zero-order valence-corrected chi connectivity index (χ0v) is 10.2. The lowest BCUT2D eigenvalue weighted by Gasteiger charge is -2.27. The van der Waals surface area contributed by atoms with Crippen LogP contribution in [0.3, 0.4) is 0 Å². The fraction of sp³-hybridized carbons (Fsp3) is 0.800. The monoisotopic (exact) mass is 219 g/mol. The number of imide groups is 1. The number of nitrogens with one attached hydrogen (secondary N) is 2. The van der Waals surface area contributed by atoms with Crippen LogP contribution < -0.4 is 10.6 Å². The first-order valence-electron chi connectivity index (χ1n) is 5.28. The molecule has 0 aliphatic carbocycles. The fourth-order valence-corrected chi connectivity index (χ4v) is 1.54. The molecule has 1 rings (SSSR count). The molecule has 0 spiro atoms. The van der Waals surface area contributed by atoms with Gasteiger partial charge in [0, 0.05) is 9.40 Å². The molecule has 5 nitrogen and oxygen atoms in total. The van der Waals surface area contributed by atoms with E-state index in [4.69, 9.17) is 0 Å². The van der Waals surface area contributed by atoms with Gasteiger partial charge in [-0.3, -0.25) is 10.1 Å². The maximum absolute atomic E-state index is 11.5. The number of urea groups is 1. The second-order valence-corrected chi connectivity index (χ2v) is 3.58. The molecule has 1 heterocycles. The Hall–Kier alpha value is -1.10. The van der Waals surface area contributed by atoms with Gasteiger partial charge >= 0.3 is 6.03 Å². The Morgan fingerprint density at radius 3 is 2.13 bits per heavy atom. The Morgan fingerprint density at radius 2 is 1.87 bits per heavy atom. The van der Waals surface area contributed by atoms with Gasteiger partial charge in [-0.15, -0.1) is 0 Å². The fourth-order valence-electron chi connectivity index (χ4n) is 1.54. The third-order valence-corrected chi connectivity index (χ3v) is 2.20. The molecule has 1 unspecified atom stereocenters. The molecular weight excluding hydrogens is 194 g/mol. The summed E-state index contributed by atoms with van der Waals surface area (Å²) in [7, 11) is 3.74. The van der Waals surface area contributed by atoms with Crippen molar-refractivity contribution >= 4 is 11.9 Å². The van der Waals surface area contributed by atoms with Crippen LogP contribution in [0.5, 0.6) is 0 Å². The summed E-state index contributed by atoms with van der Waals surface area (Å²) in [5.41, 5.74) is -0.736. The Kier molecular flexibility index (Phi) is 5.28.